The SMILES string of the molecule is C[C@H](c1[c-]cc[c-]1P(C1CCCCC1)C1CCCCC1)P(C1CCCCC1)C1CCCCC1.[Fe+2].[c-]1[c-][c-][cH-][c-]1. The van der Waals surface area contributed by atoms with Crippen molar-refractivity contribution >= 4 is 21.1 Å². The first-order chi connectivity index (χ1) is 18.8. The Kier molecular flexibility index (Phi) is 14.2. The van der Waals surface area contributed by atoms with Gasteiger partial charge in [0.2, 0.25) is 0 Å². The number of rotatable bonds is 7. The molecule has 4 aliphatic rings. The molecule has 4 saturated carbocycles. The van der Waals surface area contributed by atoms with Crippen molar-refractivity contribution in [3.8, 4) is 0 Å². The first-order valence-electron chi connectivity index (χ1n) is 16.4. The van der Waals surface area contributed by atoms with Crippen LogP contribution in [-0.4, -0.2) is 22.6 Å². The van der Waals surface area contributed by atoms with Crippen LogP contribution in [-0.2, 0) is 17.1 Å². The van der Waals surface area contributed by atoms with Crippen LogP contribution in [0.2, 0.25) is 0 Å². The number of hydrogen-bond donors (Lipinski definition) is 0. The molecule has 4 fully saturated rings. The summed E-state index contributed by atoms with van der Waals surface area (Å²) in [5.41, 5.74) is 6.70. The van der Waals surface area contributed by atoms with E-state index in [1.807, 2.05) is 5.30 Å². The minimum atomic E-state index is 0. The first-order valence-corrected chi connectivity index (χ1v) is 19.4. The van der Waals surface area contributed by atoms with E-state index in [9.17, 15) is 0 Å². The van der Waals surface area contributed by atoms with E-state index in [0.717, 1.165) is 28.3 Å². The van der Waals surface area contributed by atoms with Crippen molar-refractivity contribution in [2.45, 2.75) is 164 Å². The zero-order valence-electron chi connectivity index (χ0n) is 24.5. The Bertz CT molecular complexity index is 811. The molecule has 39 heavy (non-hydrogen) atoms. The fourth-order valence-electron chi connectivity index (χ4n) is 8.36. The van der Waals surface area contributed by atoms with Crippen molar-refractivity contribution in [1.29, 1.82) is 0 Å². The Morgan fingerprint density at radius 1 is 0.667 bits per heavy atom. The molecule has 0 nitrogen and oxygen atoms in total. The molecule has 3 heteroatoms. The zero-order valence-corrected chi connectivity index (χ0v) is 27.4. The van der Waals surface area contributed by atoms with Crippen molar-refractivity contribution in [3.63, 3.8) is 0 Å². The summed E-state index contributed by atoms with van der Waals surface area (Å²) in [4.78, 5) is 0. The summed E-state index contributed by atoms with van der Waals surface area (Å²) < 4.78 is 0. The monoisotopic (exact) mass is 601 g/mol. The molecule has 4 aliphatic carbocycles. The molecule has 0 N–H and O–H groups in total. The second-order valence-corrected chi connectivity index (χ2v) is 18.5. The molecule has 0 heterocycles. The van der Waals surface area contributed by atoms with Gasteiger partial charge in [0.1, 0.15) is 0 Å². The van der Waals surface area contributed by atoms with Crippen LogP contribution in [0.3, 0.4) is 0 Å². The Morgan fingerprint density at radius 3 is 1.46 bits per heavy atom. The Hall–Kier alpha value is 0.0795. The molecule has 0 unspecified atom stereocenters. The van der Waals surface area contributed by atoms with E-state index in [1.165, 1.54) is 103 Å². The Balaban J connectivity index is 0.000000530. The van der Waals surface area contributed by atoms with E-state index < -0.39 is 0 Å². The molecule has 2 aromatic carbocycles. The normalized spacial score (nSPS) is 23.3. The van der Waals surface area contributed by atoms with Crippen LogP contribution in [0.4, 0.5) is 0 Å². The van der Waals surface area contributed by atoms with Gasteiger partial charge in [-0.25, -0.2) is 7.92 Å². The summed E-state index contributed by atoms with van der Waals surface area (Å²) in [6.45, 7) is 2.69. The zero-order chi connectivity index (χ0) is 26.0. The van der Waals surface area contributed by atoms with Crippen molar-refractivity contribution in [3.05, 3.63) is 54.1 Å². The van der Waals surface area contributed by atoms with Gasteiger partial charge in [-0.05, 0) is 79.7 Å². The van der Waals surface area contributed by atoms with Gasteiger partial charge in [-0.2, -0.15) is 0 Å². The molecule has 6 rings (SSSR count). The van der Waals surface area contributed by atoms with Gasteiger partial charge in [0.15, 0.2) is 0 Å². The van der Waals surface area contributed by atoms with Gasteiger partial charge < -0.3 is 53.8 Å². The largest absolute Gasteiger partial charge is 2.00 e. The minimum absolute atomic E-state index is 0. The van der Waals surface area contributed by atoms with Gasteiger partial charge in [-0.15, -0.1) is 0 Å². The molecule has 218 valence electrons. The molecule has 0 aliphatic heterocycles. The van der Waals surface area contributed by atoms with E-state index in [1.54, 1.807) is 37.3 Å². The average molecular weight is 602 g/mol. The topological polar surface area (TPSA) is 0 Å². The summed E-state index contributed by atoms with van der Waals surface area (Å²) in [5, 5.41) is 1.87. The van der Waals surface area contributed by atoms with E-state index in [-0.39, 0.29) is 32.9 Å². The molecule has 2 aromatic rings. The second kappa shape index (κ2) is 17.3. The molecule has 0 saturated heterocycles. The van der Waals surface area contributed by atoms with Gasteiger partial charge in [-0.1, -0.05) is 91.9 Å². The maximum absolute atomic E-state index is 3.96. The van der Waals surface area contributed by atoms with Gasteiger partial charge in [-0.3, -0.25) is 5.56 Å². The summed E-state index contributed by atoms with van der Waals surface area (Å²) in [5.74, 6) is 0. The fraction of sp³-hybridized carbons (Fsp3) is 0.722. The van der Waals surface area contributed by atoms with E-state index >= 15 is 0 Å². The van der Waals surface area contributed by atoms with Gasteiger partial charge in [0.25, 0.3) is 0 Å². The molecular weight excluding hydrogens is 550 g/mol. The smallest absolute Gasteiger partial charge is 0.999 e. The van der Waals surface area contributed by atoms with Crippen LogP contribution >= 0.6 is 15.8 Å². The van der Waals surface area contributed by atoms with Gasteiger partial charge in [0.05, 0.1) is 0 Å². The van der Waals surface area contributed by atoms with Crippen LogP contribution < -0.4 is 5.30 Å². The summed E-state index contributed by atoms with van der Waals surface area (Å²) in [6, 6.07) is 20.9. The molecule has 0 amide bonds. The van der Waals surface area contributed by atoms with Crippen molar-refractivity contribution in [2.24, 2.45) is 0 Å². The van der Waals surface area contributed by atoms with Crippen molar-refractivity contribution < 1.29 is 17.1 Å². The minimum Gasteiger partial charge on any atom is -0.999 e. The predicted octanol–water partition coefficient (Wildman–Crippen LogP) is 10.8. The Labute approximate surface area is 255 Å². The van der Waals surface area contributed by atoms with E-state index in [0.29, 0.717) is 0 Å². The van der Waals surface area contributed by atoms with Crippen molar-refractivity contribution in [2.75, 3.05) is 0 Å². The molecule has 0 radical (unpaired) electrons. The van der Waals surface area contributed by atoms with Crippen LogP contribution in [0.15, 0.2) is 18.2 Å². The molecule has 0 spiro atoms. The Morgan fingerprint density at radius 2 is 1.08 bits per heavy atom. The van der Waals surface area contributed by atoms with Gasteiger partial charge in [0, 0.05) is 0 Å². The van der Waals surface area contributed by atoms with Gasteiger partial charge >= 0.3 is 17.1 Å². The van der Waals surface area contributed by atoms with E-state index in [2.05, 4.69) is 49.4 Å². The number of hydrogen-bond acceptors (Lipinski definition) is 0. The standard InChI is InChI=1S/C31H50P2.C5H.Fe/c1-25(32(26-15-6-2-7-16-26)27-17-8-3-9-18-27)30-23-14-24-31(30)33(28-19-10-4-11-20-28)29-21-12-5-13-22-29;1-2-4-5-3-1;/h14,24-29H,2-13,15-22H2,1H3;1H;/q-2;-5;+2/t25-;;/m1../s1. The second-order valence-electron chi connectivity index (χ2n) is 12.7. The van der Waals surface area contributed by atoms with Crippen molar-refractivity contribution in [1.82, 2.24) is 0 Å². The molecular formula is C36H51FeP2-5. The van der Waals surface area contributed by atoms with Crippen LogP contribution in [0.1, 0.15) is 147 Å². The summed E-state index contributed by atoms with van der Waals surface area (Å²) >= 11 is 0. The third kappa shape index (κ3) is 8.79. The third-order valence-electron chi connectivity index (χ3n) is 10.2. The summed E-state index contributed by atoms with van der Waals surface area (Å²) in [7, 11) is 0.106. The maximum Gasteiger partial charge on any atom is 2.00 e. The van der Waals surface area contributed by atoms with Crippen LogP contribution in [0.5, 0.6) is 0 Å². The first kappa shape index (κ1) is 32.0. The quantitative estimate of drug-likeness (QED) is 0.168. The third-order valence-corrected chi connectivity index (χ3v) is 17.6. The van der Waals surface area contributed by atoms with Crippen LogP contribution in [0, 0.1) is 30.3 Å². The average Bonchev–Trinajstić information content (AvgIpc) is 3.72. The summed E-state index contributed by atoms with van der Waals surface area (Å²) in [6.07, 6.45) is 30.3. The molecule has 0 bridgehead atoms. The predicted molar refractivity (Wildman–Crippen MR) is 168 cm³/mol. The molecule has 1 atom stereocenters. The maximum atomic E-state index is 3.96. The van der Waals surface area contributed by atoms with E-state index in [4.69, 9.17) is 0 Å². The van der Waals surface area contributed by atoms with Crippen LogP contribution in [0.25, 0.3) is 0 Å². The fourth-order valence-corrected chi connectivity index (χ4v) is 16.8. The molecule has 0 aromatic heterocycles.